The molecule has 0 atom stereocenters. The lowest BCUT2D eigenvalue weighted by atomic mass is 10.2. The second-order valence-corrected chi connectivity index (χ2v) is 7.87. The molecule has 0 unspecified atom stereocenters. The number of hydrogen-bond acceptors (Lipinski definition) is 5. The highest BCUT2D eigenvalue weighted by Crippen LogP contribution is 2.28. The summed E-state index contributed by atoms with van der Waals surface area (Å²) in [5.74, 6) is -0.371. The van der Waals surface area contributed by atoms with Crippen molar-refractivity contribution in [3.8, 4) is 11.5 Å². The SMILES string of the molecule is COc1cc(/C=N/NC(=O)c2ccc(Cl)c(Cl)c2)ccc1OC(=O)c1cccc(Br)c1. The third kappa shape index (κ3) is 6.07. The summed E-state index contributed by atoms with van der Waals surface area (Å²) in [6, 6.07) is 16.2. The predicted molar refractivity (Wildman–Crippen MR) is 124 cm³/mol. The van der Waals surface area contributed by atoms with Crippen LogP contribution in [-0.4, -0.2) is 25.2 Å². The molecule has 0 fully saturated rings. The van der Waals surface area contributed by atoms with E-state index in [9.17, 15) is 9.59 Å². The number of rotatable bonds is 6. The molecule has 0 heterocycles. The number of hydrogen-bond donors (Lipinski definition) is 1. The van der Waals surface area contributed by atoms with Crippen molar-refractivity contribution in [2.24, 2.45) is 5.10 Å². The van der Waals surface area contributed by atoms with Gasteiger partial charge in [0.05, 0.1) is 28.9 Å². The number of carbonyl (C=O) groups excluding carboxylic acids is 2. The Hall–Kier alpha value is -2.87. The number of esters is 1. The van der Waals surface area contributed by atoms with Crippen LogP contribution in [-0.2, 0) is 0 Å². The molecule has 0 aliphatic heterocycles. The normalized spacial score (nSPS) is 10.7. The van der Waals surface area contributed by atoms with Gasteiger partial charge < -0.3 is 9.47 Å². The average Bonchev–Trinajstić information content (AvgIpc) is 2.76. The van der Waals surface area contributed by atoms with Crippen LogP contribution in [0.5, 0.6) is 11.5 Å². The molecule has 1 N–H and O–H groups in total. The minimum atomic E-state index is -0.519. The summed E-state index contributed by atoms with van der Waals surface area (Å²) in [5, 5.41) is 4.55. The van der Waals surface area contributed by atoms with E-state index in [0.29, 0.717) is 27.5 Å². The first-order valence-corrected chi connectivity index (χ1v) is 10.4. The molecule has 3 aromatic rings. The third-order valence-electron chi connectivity index (χ3n) is 4.01. The van der Waals surface area contributed by atoms with Crippen molar-refractivity contribution in [1.29, 1.82) is 0 Å². The lowest BCUT2D eigenvalue weighted by Gasteiger charge is -2.10. The molecule has 0 bridgehead atoms. The van der Waals surface area contributed by atoms with Gasteiger partial charge >= 0.3 is 5.97 Å². The molecule has 0 aromatic heterocycles. The number of hydrazone groups is 1. The van der Waals surface area contributed by atoms with E-state index in [1.165, 1.54) is 31.5 Å². The number of halogens is 3. The van der Waals surface area contributed by atoms with Crippen molar-refractivity contribution in [2.75, 3.05) is 7.11 Å². The van der Waals surface area contributed by atoms with E-state index < -0.39 is 11.9 Å². The summed E-state index contributed by atoms with van der Waals surface area (Å²) in [7, 11) is 1.46. The topological polar surface area (TPSA) is 77.0 Å². The highest BCUT2D eigenvalue weighted by atomic mass is 79.9. The number of nitrogens with one attached hydrogen (secondary N) is 1. The maximum Gasteiger partial charge on any atom is 0.343 e. The molecular weight excluding hydrogens is 507 g/mol. The molecule has 0 aliphatic carbocycles. The molecule has 6 nitrogen and oxygen atoms in total. The van der Waals surface area contributed by atoms with E-state index in [-0.39, 0.29) is 10.8 Å². The highest BCUT2D eigenvalue weighted by Gasteiger charge is 2.13. The zero-order chi connectivity index (χ0) is 22.4. The quantitative estimate of drug-likeness (QED) is 0.194. The van der Waals surface area contributed by atoms with Gasteiger partial charge in [0.25, 0.3) is 5.91 Å². The van der Waals surface area contributed by atoms with Crippen LogP contribution in [0.3, 0.4) is 0 Å². The minimum absolute atomic E-state index is 0.254. The minimum Gasteiger partial charge on any atom is -0.493 e. The lowest BCUT2D eigenvalue weighted by Crippen LogP contribution is -2.17. The fourth-order valence-corrected chi connectivity index (χ4v) is 3.19. The summed E-state index contributed by atoms with van der Waals surface area (Å²) < 4.78 is 11.5. The van der Waals surface area contributed by atoms with Crippen LogP contribution in [0.4, 0.5) is 0 Å². The maximum absolute atomic E-state index is 12.4. The molecule has 9 heteroatoms. The Morgan fingerprint density at radius 2 is 1.77 bits per heavy atom. The van der Waals surface area contributed by atoms with Gasteiger partial charge in [0.2, 0.25) is 0 Å². The summed E-state index contributed by atoms with van der Waals surface area (Å²) >= 11 is 15.1. The summed E-state index contributed by atoms with van der Waals surface area (Å²) in [5.41, 5.74) is 3.74. The summed E-state index contributed by atoms with van der Waals surface area (Å²) in [4.78, 5) is 24.5. The zero-order valence-corrected chi connectivity index (χ0v) is 19.2. The van der Waals surface area contributed by atoms with Gasteiger partial charge in [-0.2, -0.15) is 5.10 Å². The van der Waals surface area contributed by atoms with E-state index in [2.05, 4.69) is 26.5 Å². The smallest absolute Gasteiger partial charge is 0.343 e. The maximum atomic E-state index is 12.4. The molecule has 1 amide bonds. The lowest BCUT2D eigenvalue weighted by molar-refractivity contribution is 0.0729. The molecule has 3 aromatic carbocycles. The second-order valence-electron chi connectivity index (χ2n) is 6.14. The Labute approximate surface area is 196 Å². The van der Waals surface area contributed by atoms with Gasteiger partial charge in [-0.15, -0.1) is 0 Å². The highest BCUT2D eigenvalue weighted by molar-refractivity contribution is 9.10. The predicted octanol–water partition coefficient (Wildman–Crippen LogP) is 5.75. The zero-order valence-electron chi connectivity index (χ0n) is 16.1. The standard InChI is InChI=1S/C22H15BrCl2N2O4/c1-30-20-9-13(12-26-27-21(28)14-6-7-17(24)18(25)11-14)5-8-19(20)31-22(29)15-3-2-4-16(23)10-15/h2-12H,1H3,(H,27,28)/b26-12+. The first kappa shape index (κ1) is 22.8. The fourth-order valence-electron chi connectivity index (χ4n) is 2.49. The Morgan fingerprint density at radius 1 is 0.968 bits per heavy atom. The van der Waals surface area contributed by atoms with Gasteiger partial charge in [0.1, 0.15) is 0 Å². The van der Waals surface area contributed by atoms with E-state index in [1.54, 1.807) is 36.4 Å². The van der Waals surface area contributed by atoms with Crippen LogP contribution in [0.2, 0.25) is 10.0 Å². The number of amides is 1. The summed E-state index contributed by atoms with van der Waals surface area (Å²) in [6.07, 6.45) is 1.43. The second kappa shape index (κ2) is 10.4. The monoisotopic (exact) mass is 520 g/mol. The van der Waals surface area contributed by atoms with Crippen LogP contribution in [0.1, 0.15) is 26.3 Å². The van der Waals surface area contributed by atoms with Crippen LogP contribution >= 0.6 is 39.1 Å². The van der Waals surface area contributed by atoms with Crippen LogP contribution in [0.15, 0.2) is 70.2 Å². The molecule has 158 valence electrons. The van der Waals surface area contributed by atoms with Gasteiger partial charge in [-0.3, -0.25) is 4.79 Å². The van der Waals surface area contributed by atoms with Crippen molar-refractivity contribution in [2.45, 2.75) is 0 Å². The van der Waals surface area contributed by atoms with Crippen molar-refractivity contribution in [3.63, 3.8) is 0 Å². The Bertz CT molecular complexity index is 1170. The van der Waals surface area contributed by atoms with Crippen LogP contribution < -0.4 is 14.9 Å². The third-order valence-corrected chi connectivity index (χ3v) is 5.24. The Kier molecular flexibility index (Phi) is 7.68. The van der Waals surface area contributed by atoms with Crippen molar-refractivity contribution in [3.05, 3.63) is 91.9 Å². The number of nitrogens with zero attached hydrogens (tertiary/aromatic N) is 1. The average molecular weight is 522 g/mol. The van der Waals surface area contributed by atoms with E-state index in [1.807, 2.05) is 6.07 Å². The Morgan fingerprint density at radius 3 is 2.48 bits per heavy atom. The molecule has 0 radical (unpaired) electrons. The molecule has 0 spiro atoms. The van der Waals surface area contributed by atoms with Gasteiger partial charge in [0, 0.05) is 10.0 Å². The van der Waals surface area contributed by atoms with Crippen molar-refractivity contribution in [1.82, 2.24) is 5.43 Å². The van der Waals surface area contributed by atoms with E-state index in [4.69, 9.17) is 32.7 Å². The molecule has 31 heavy (non-hydrogen) atoms. The first-order chi connectivity index (χ1) is 14.9. The van der Waals surface area contributed by atoms with Gasteiger partial charge in [-0.1, -0.05) is 45.2 Å². The molecule has 0 aliphatic rings. The number of methoxy groups -OCH3 is 1. The van der Waals surface area contributed by atoms with Crippen molar-refractivity contribution >= 4 is 57.2 Å². The number of ether oxygens (including phenoxy) is 2. The van der Waals surface area contributed by atoms with Crippen LogP contribution in [0.25, 0.3) is 0 Å². The van der Waals surface area contributed by atoms with E-state index in [0.717, 1.165) is 4.47 Å². The molecular formula is C22H15BrCl2N2O4. The first-order valence-electron chi connectivity index (χ1n) is 8.81. The van der Waals surface area contributed by atoms with Gasteiger partial charge in [-0.25, -0.2) is 10.2 Å². The van der Waals surface area contributed by atoms with Crippen molar-refractivity contribution < 1.29 is 19.1 Å². The Balaban J connectivity index is 1.68. The molecule has 0 saturated heterocycles. The number of carbonyl (C=O) groups is 2. The van der Waals surface area contributed by atoms with E-state index >= 15 is 0 Å². The van der Waals surface area contributed by atoms with Gasteiger partial charge in [-0.05, 0) is 60.2 Å². The molecule has 0 saturated carbocycles. The number of benzene rings is 3. The molecule has 3 rings (SSSR count). The van der Waals surface area contributed by atoms with Gasteiger partial charge in [0.15, 0.2) is 11.5 Å². The summed E-state index contributed by atoms with van der Waals surface area (Å²) in [6.45, 7) is 0. The largest absolute Gasteiger partial charge is 0.493 e. The van der Waals surface area contributed by atoms with Crippen LogP contribution in [0, 0.1) is 0 Å². The fraction of sp³-hybridized carbons (Fsp3) is 0.0455.